The second kappa shape index (κ2) is 5.33. The number of hydrogen-bond acceptors (Lipinski definition) is 2. The predicted octanol–water partition coefficient (Wildman–Crippen LogP) is 3.51. The third kappa shape index (κ3) is 2.88. The number of benzene rings is 2. The van der Waals surface area contributed by atoms with Gasteiger partial charge in [0.15, 0.2) is 0 Å². The molecule has 98 valence electrons. The van der Waals surface area contributed by atoms with E-state index in [2.05, 4.69) is 0 Å². The lowest BCUT2D eigenvalue weighted by Crippen LogP contribution is -2.26. The number of carbonyl (C=O) groups is 1. The molecule has 2 aromatic carbocycles. The van der Waals surface area contributed by atoms with Gasteiger partial charge >= 0.3 is 0 Å². The molecule has 0 fully saturated rings. The maximum absolute atomic E-state index is 12.5. The first-order valence-electron chi connectivity index (χ1n) is 5.89. The van der Waals surface area contributed by atoms with Gasteiger partial charge in [0.2, 0.25) is 0 Å². The van der Waals surface area contributed by atoms with Crippen LogP contribution in [0, 0.1) is 6.92 Å². The molecule has 2 aromatic rings. The highest BCUT2D eigenvalue weighted by Gasteiger charge is 2.16. The Morgan fingerprint density at radius 2 is 1.95 bits per heavy atom. The molecule has 0 atom stereocenters. The van der Waals surface area contributed by atoms with Crippen LogP contribution in [0.5, 0.6) is 0 Å². The normalized spacial score (nSPS) is 10.3. The fraction of sp³-hybridized carbons (Fsp3) is 0.133. The summed E-state index contributed by atoms with van der Waals surface area (Å²) < 4.78 is 0. The Hall–Kier alpha value is -2.00. The van der Waals surface area contributed by atoms with E-state index in [0.29, 0.717) is 16.3 Å². The van der Waals surface area contributed by atoms with Gasteiger partial charge in [0.1, 0.15) is 0 Å². The van der Waals surface area contributed by atoms with Crippen molar-refractivity contribution in [2.24, 2.45) is 0 Å². The van der Waals surface area contributed by atoms with Crippen molar-refractivity contribution in [3.8, 4) is 0 Å². The summed E-state index contributed by atoms with van der Waals surface area (Å²) in [6, 6.07) is 12.5. The van der Waals surface area contributed by atoms with Crippen molar-refractivity contribution in [3.05, 3.63) is 58.6 Å². The molecular weight excluding hydrogens is 260 g/mol. The molecule has 0 radical (unpaired) electrons. The molecule has 3 nitrogen and oxygen atoms in total. The van der Waals surface area contributed by atoms with E-state index in [0.717, 1.165) is 11.3 Å². The maximum atomic E-state index is 12.5. The number of amides is 1. The monoisotopic (exact) mass is 274 g/mol. The molecule has 1 amide bonds. The summed E-state index contributed by atoms with van der Waals surface area (Å²) in [6.45, 7) is 1.89. The number of aryl methyl sites for hydroxylation is 1. The van der Waals surface area contributed by atoms with Gasteiger partial charge in [-0.1, -0.05) is 23.7 Å². The number of rotatable bonds is 2. The van der Waals surface area contributed by atoms with Gasteiger partial charge in [0.25, 0.3) is 5.91 Å². The molecule has 0 unspecified atom stereocenters. The summed E-state index contributed by atoms with van der Waals surface area (Å²) in [5.74, 6) is -0.106. The first-order valence-corrected chi connectivity index (χ1v) is 6.26. The first-order chi connectivity index (χ1) is 8.99. The summed E-state index contributed by atoms with van der Waals surface area (Å²) in [4.78, 5) is 14.0. The second-order valence-electron chi connectivity index (χ2n) is 4.42. The summed E-state index contributed by atoms with van der Waals surface area (Å²) in [5, 5.41) is 0.551. The van der Waals surface area contributed by atoms with Crippen molar-refractivity contribution >= 4 is 28.9 Å². The number of nitrogen functional groups attached to an aromatic ring is 1. The highest BCUT2D eigenvalue weighted by Crippen LogP contribution is 2.21. The van der Waals surface area contributed by atoms with E-state index < -0.39 is 0 Å². The summed E-state index contributed by atoms with van der Waals surface area (Å²) >= 11 is 5.95. The Labute approximate surface area is 117 Å². The van der Waals surface area contributed by atoms with Crippen LogP contribution in [-0.2, 0) is 0 Å². The largest absolute Gasteiger partial charge is 0.399 e. The van der Waals surface area contributed by atoms with Crippen molar-refractivity contribution < 1.29 is 4.79 Å². The van der Waals surface area contributed by atoms with Crippen LogP contribution in [0.2, 0.25) is 5.02 Å². The topological polar surface area (TPSA) is 46.3 Å². The van der Waals surface area contributed by atoms with Crippen LogP contribution in [0.1, 0.15) is 15.9 Å². The molecule has 19 heavy (non-hydrogen) atoms. The molecule has 2 N–H and O–H groups in total. The highest BCUT2D eigenvalue weighted by atomic mass is 35.5. The fourth-order valence-corrected chi connectivity index (χ4v) is 2.03. The molecule has 0 aliphatic heterocycles. The minimum atomic E-state index is -0.106. The van der Waals surface area contributed by atoms with E-state index in [1.54, 1.807) is 36.2 Å². The molecule has 0 bridgehead atoms. The third-order valence-corrected chi connectivity index (χ3v) is 3.23. The zero-order chi connectivity index (χ0) is 14.0. The van der Waals surface area contributed by atoms with Gasteiger partial charge in [-0.3, -0.25) is 4.79 Å². The molecule has 0 saturated heterocycles. The number of nitrogens with two attached hydrogens (primary N) is 1. The standard InChI is InChI=1S/C15H15ClN2O/c1-10-6-7-11(16)8-14(10)15(19)18(2)13-5-3-4-12(17)9-13/h3-9H,17H2,1-2H3. The zero-order valence-electron chi connectivity index (χ0n) is 10.9. The van der Waals surface area contributed by atoms with Crippen LogP contribution in [-0.4, -0.2) is 13.0 Å². The lowest BCUT2D eigenvalue weighted by molar-refractivity contribution is 0.0992. The lowest BCUT2D eigenvalue weighted by atomic mass is 10.1. The average Bonchev–Trinajstić information content (AvgIpc) is 2.40. The zero-order valence-corrected chi connectivity index (χ0v) is 11.6. The van der Waals surface area contributed by atoms with Crippen LogP contribution < -0.4 is 10.6 Å². The van der Waals surface area contributed by atoms with E-state index in [4.69, 9.17) is 17.3 Å². The van der Waals surface area contributed by atoms with Crippen LogP contribution in [0.25, 0.3) is 0 Å². The van der Waals surface area contributed by atoms with Crippen LogP contribution in [0.3, 0.4) is 0 Å². The maximum Gasteiger partial charge on any atom is 0.258 e. The number of nitrogens with zero attached hydrogens (tertiary/aromatic N) is 1. The minimum absolute atomic E-state index is 0.106. The van der Waals surface area contributed by atoms with Gasteiger partial charge in [-0.25, -0.2) is 0 Å². The number of carbonyl (C=O) groups excluding carboxylic acids is 1. The summed E-state index contributed by atoms with van der Waals surface area (Å²) in [5.41, 5.74) is 8.60. The van der Waals surface area contributed by atoms with E-state index in [-0.39, 0.29) is 5.91 Å². The number of halogens is 1. The fourth-order valence-electron chi connectivity index (χ4n) is 1.86. The van der Waals surface area contributed by atoms with Crippen molar-refractivity contribution in [1.29, 1.82) is 0 Å². The Kier molecular flexibility index (Phi) is 3.76. The highest BCUT2D eigenvalue weighted by molar-refractivity contribution is 6.31. The van der Waals surface area contributed by atoms with E-state index >= 15 is 0 Å². The van der Waals surface area contributed by atoms with Crippen LogP contribution >= 0.6 is 11.6 Å². The third-order valence-electron chi connectivity index (χ3n) is 2.99. The van der Waals surface area contributed by atoms with Crippen molar-refractivity contribution in [1.82, 2.24) is 0 Å². The molecule has 0 saturated carbocycles. The Bertz CT molecular complexity index is 625. The van der Waals surface area contributed by atoms with E-state index in [1.165, 1.54) is 0 Å². The summed E-state index contributed by atoms with van der Waals surface area (Å²) in [7, 11) is 1.72. The molecular formula is C15H15ClN2O. The smallest absolute Gasteiger partial charge is 0.258 e. The molecule has 0 aliphatic carbocycles. The van der Waals surface area contributed by atoms with Gasteiger partial charge in [-0.2, -0.15) is 0 Å². The second-order valence-corrected chi connectivity index (χ2v) is 4.85. The summed E-state index contributed by atoms with van der Waals surface area (Å²) in [6.07, 6.45) is 0. The average molecular weight is 275 g/mol. The molecule has 2 rings (SSSR count). The van der Waals surface area contributed by atoms with Crippen molar-refractivity contribution in [2.45, 2.75) is 6.92 Å². The molecule has 0 aromatic heterocycles. The van der Waals surface area contributed by atoms with E-state index in [1.807, 2.05) is 25.1 Å². The number of anilines is 2. The molecule has 0 aliphatic rings. The van der Waals surface area contributed by atoms with Crippen molar-refractivity contribution in [3.63, 3.8) is 0 Å². The molecule has 4 heteroatoms. The van der Waals surface area contributed by atoms with Crippen LogP contribution in [0.4, 0.5) is 11.4 Å². The first kappa shape index (κ1) is 13.4. The lowest BCUT2D eigenvalue weighted by Gasteiger charge is -2.19. The Balaban J connectivity index is 2.36. The van der Waals surface area contributed by atoms with Gasteiger partial charge in [-0.15, -0.1) is 0 Å². The predicted molar refractivity (Wildman–Crippen MR) is 79.8 cm³/mol. The molecule has 0 heterocycles. The van der Waals surface area contributed by atoms with Gasteiger partial charge in [0.05, 0.1) is 0 Å². The Morgan fingerprint density at radius 3 is 2.63 bits per heavy atom. The molecule has 0 spiro atoms. The SMILES string of the molecule is Cc1ccc(Cl)cc1C(=O)N(C)c1cccc(N)c1. The van der Waals surface area contributed by atoms with Gasteiger partial charge in [-0.05, 0) is 42.8 Å². The van der Waals surface area contributed by atoms with Crippen molar-refractivity contribution in [2.75, 3.05) is 17.7 Å². The van der Waals surface area contributed by atoms with E-state index in [9.17, 15) is 4.79 Å². The van der Waals surface area contributed by atoms with Gasteiger partial charge < -0.3 is 10.6 Å². The van der Waals surface area contributed by atoms with Crippen LogP contribution in [0.15, 0.2) is 42.5 Å². The van der Waals surface area contributed by atoms with Gasteiger partial charge in [0, 0.05) is 29.0 Å². The quantitative estimate of drug-likeness (QED) is 0.852. The minimum Gasteiger partial charge on any atom is -0.399 e. The number of hydrogen-bond donors (Lipinski definition) is 1. The Morgan fingerprint density at radius 1 is 1.21 bits per heavy atom.